The molecule has 3 N–H and O–H groups in total. The Kier molecular flexibility index (Phi) is 15.9. The van der Waals surface area contributed by atoms with E-state index in [1.165, 1.54) is 94.9 Å². The largest absolute Gasteiger partial charge is 0.497 e. The molecule has 2 atom stereocenters. The topological polar surface area (TPSA) is 116 Å². The molecule has 2 rings (SSSR count). The van der Waals surface area contributed by atoms with Crippen LogP contribution < -0.4 is 15.8 Å². The predicted octanol–water partition coefficient (Wildman–Crippen LogP) is 7.88. The number of ketones is 1. The molecule has 0 heterocycles. The Morgan fingerprint density at radius 3 is 1.98 bits per heavy atom. The lowest BCUT2D eigenvalue weighted by atomic mass is 10.0. The van der Waals surface area contributed by atoms with Gasteiger partial charge in [-0.05, 0) is 48.9 Å². The van der Waals surface area contributed by atoms with Gasteiger partial charge in [0.1, 0.15) is 5.75 Å². The van der Waals surface area contributed by atoms with E-state index in [-0.39, 0.29) is 29.1 Å². The smallest absolute Gasteiger partial charge is 0.238 e. The van der Waals surface area contributed by atoms with Gasteiger partial charge < -0.3 is 15.8 Å². The van der Waals surface area contributed by atoms with E-state index in [9.17, 15) is 18.0 Å². The Morgan fingerprint density at radius 2 is 1.45 bits per heavy atom. The van der Waals surface area contributed by atoms with E-state index in [1.807, 2.05) is 0 Å². The van der Waals surface area contributed by atoms with E-state index in [2.05, 4.69) is 12.2 Å². The average Bonchev–Trinajstić information content (AvgIpc) is 3.00. The van der Waals surface area contributed by atoms with Crippen LogP contribution in [0, 0.1) is 0 Å². The number of halogens is 2. The molecule has 1 amide bonds. The Hall–Kier alpha value is -2.13. The summed E-state index contributed by atoms with van der Waals surface area (Å²) < 4.78 is 30.8. The van der Waals surface area contributed by atoms with Gasteiger partial charge in [-0.25, -0.2) is 8.42 Å². The third kappa shape index (κ3) is 10.2. The standard InChI is InChI=1S/C32H46Cl2N2O5S/c1-3-4-5-6-7-8-9-10-11-12-13-14-18-29(33)32(34,31(38)25-19-21-27(41-2)22-20-25)42(39,40)28-17-15-16-26(23-28)36-30(37)24-35/h15-17,19-23,29H,3-14,18,24,35H2,1-2H3,(H,36,37). The number of nitrogens with one attached hydrogen (secondary N) is 1. The van der Waals surface area contributed by atoms with E-state index in [1.54, 1.807) is 12.1 Å². The molecule has 0 spiro atoms. The molecule has 7 nitrogen and oxygen atoms in total. The number of anilines is 1. The van der Waals surface area contributed by atoms with E-state index in [4.69, 9.17) is 33.7 Å². The number of Topliss-reactive ketones (excluding diaryl/α,β-unsaturated/α-hetero) is 1. The maximum absolute atomic E-state index is 14.1. The second-order valence-corrected chi connectivity index (χ2v) is 14.1. The average molecular weight is 642 g/mol. The van der Waals surface area contributed by atoms with Gasteiger partial charge in [-0.15, -0.1) is 11.6 Å². The maximum atomic E-state index is 14.1. The first-order valence-electron chi connectivity index (χ1n) is 15.0. The van der Waals surface area contributed by atoms with Crippen LogP contribution in [0.2, 0.25) is 0 Å². The zero-order valence-corrected chi connectivity index (χ0v) is 27.2. The number of carbonyl (C=O) groups excluding carboxylic acids is 2. The van der Waals surface area contributed by atoms with Gasteiger partial charge in [0.2, 0.25) is 25.7 Å². The van der Waals surface area contributed by atoms with Gasteiger partial charge in [0.15, 0.2) is 0 Å². The number of hydrogen-bond donors (Lipinski definition) is 2. The van der Waals surface area contributed by atoms with E-state index < -0.39 is 31.1 Å². The molecular weight excluding hydrogens is 595 g/mol. The summed E-state index contributed by atoms with van der Waals surface area (Å²) in [5.74, 6) is -0.794. The summed E-state index contributed by atoms with van der Waals surface area (Å²) in [5, 5.41) is 1.33. The van der Waals surface area contributed by atoms with Crippen LogP contribution in [0.1, 0.15) is 101 Å². The number of carbonyl (C=O) groups is 2. The monoisotopic (exact) mass is 640 g/mol. The highest BCUT2D eigenvalue weighted by Gasteiger charge is 2.55. The van der Waals surface area contributed by atoms with Crippen molar-refractivity contribution in [1.82, 2.24) is 0 Å². The molecule has 0 bridgehead atoms. The number of ether oxygens (including phenoxy) is 1. The van der Waals surface area contributed by atoms with Crippen LogP contribution in [-0.2, 0) is 14.6 Å². The van der Waals surface area contributed by atoms with Crippen LogP contribution in [0.3, 0.4) is 0 Å². The lowest BCUT2D eigenvalue weighted by molar-refractivity contribution is -0.114. The van der Waals surface area contributed by atoms with Gasteiger partial charge in [0.05, 0.1) is 23.9 Å². The van der Waals surface area contributed by atoms with Crippen molar-refractivity contribution in [3.05, 3.63) is 54.1 Å². The summed E-state index contributed by atoms with van der Waals surface area (Å²) in [7, 11) is -3.03. The van der Waals surface area contributed by atoms with Crippen molar-refractivity contribution in [2.24, 2.45) is 5.73 Å². The van der Waals surface area contributed by atoms with E-state index in [0.29, 0.717) is 12.2 Å². The molecule has 0 saturated carbocycles. The number of alkyl halides is 2. The minimum absolute atomic E-state index is 0.0994. The second kappa shape index (κ2) is 18.5. The third-order valence-corrected chi connectivity index (χ3v) is 11.3. The maximum Gasteiger partial charge on any atom is 0.238 e. The van der Waals surface area contributed by atoms with Crippen LogP contribution in [-0.4, -0.2) is 43.3 Å². The third-order valence-electron chi connectivity index (χ3n) is 7.38. The molecule has 234 valence electrons. The Balaban J connectivity index is 2.14. The van der Waals surface area contributed by atoms with Crippen LogP contribution in [0.15, 0.2) is 53.4 Å². The fourth-order valence-electron chi connectivity index (χ4n) is 4.85. The highest BCUT2D eigenvalue weighted by Crippen LogP contribution is 2.41. The fourth-order valence-corrected chi connectivity index (χ4v) is 7.64. The first kappa shape index (κ1) is 36.1. The molecule has 0 aliphatic heterocycles. The molecule has 2 aromatic carbocycles. The molecule has 2 unspecified atom stereocenters. The molecule has 0 radical (unpaired) electrons. The highest BCUT2D eigenvalue weighted by molar-refractivity contribution is 7.95. The van der Waals surface area contributed by atoms with Gasteiger partial charge in [0.25, 0.3) is 0 Å². The van der Waals surface area contributed by atoms with Crippen molar-refractivity contribution in [3.8, 4) is 5.75 Å². The van der Waals surface area contributed by atoms with E-state index in [0.717, 1.165) is 19.3 Å². The first-order valence-corrected chi connectivity index (χ1v) is 17.3. The van der Waals surface area contributed by atoms with Gasteiger partial charge >= 0.3 is 0 Å². The van der Waals surface area contributed by atoms with Crippen molar-refractivity contribution >= 4 is 50.4 Å². The van der Waals surface area contributed by atoms with Crippen molar-refractivity contribution in [2.45, 2.75) is 105 Å². The van der Waals surface area contributed by atoms with Crippen LogP contribution in [0.5, 0.6) is 5.75 Å². The second-order valence-electron chi connectivity index (χ2n) is 10.6. The molecule has 2 aromatic rings. The van der Waals surface area contributed by atoms with Crippen LogP contribution in [0.25, 0.3) is 0 Å². The van der Waals surface area contributed by atoms with Gasteiger partial charge in [-0.3, -0.25) is 9.59 Å². The summed E-state index contributed by atoms with van der Waals surface area (Å²) in [6.07, 6.45) is 14.1. The number of amides is 1. The normalized spacial score (nSPS) is 13.7. The molecule has 0 fully saturated rings. The van der Waals surface area contributed by atoms with Gasteiger partial charge in [0, 0.05) is 11.3 Å². The molecular formula is C32H46Cl2N2O5S. The van der Waals surface area contributed by atoms with Gasteiger partial charge in [-0.1, -0.05) is 102 Å². The fraction of sp³-hybridized carbons (Fsp3) is 0.562. The number of rotatable bonds is 21. The minimum Gasteiger partial charge on any atom is -0.497 e. The quantitative estimate of drug-likeness (QED) is 0.0814. The Labute approximate surface area is 261 Å². The Bertz CT molecular complexity index is 1220. The van der Waals surface area contributed by atoms with Crippen molar-refractivity contribution in [2.75, 3.05) is 19.0 Å². The van der Waals surface area contributed by atoms with Gasteiger partial charge in [-0.2, -0.15) is 0 Å². The number of nitrogens with two attached hydrogens (primary N) is 1. The van der Waals surface area contributed by atoms with Crippen molar-refractivity contribution < 1.29 is 22.7 Å². The Morgan fingerprint density at radius 1 is 0.905 bits per heavy atom. The minimum atomic E-state index is -4.52. The number of sulfone groups is 1. The number of unbranched alkanes of at least 4 members (excludes halogenated alkanes) is 11. The lowest BCUT2D eigenvalue weighted by Gasteiger charge is -2.30. The molecule has 10 heteroatoms. The van der Waals surface area contributed by atoms with Crippen LogP contribution >= 0.6 is 23.2 Å². The highest BCUT2D eigenvalue weighted by atomic mass is 35.5. The molecule has 0 aliphatic rings. The zero-order chi connectivity index (χ0) is 31.0. The summed E-state index contributed by atoms with van der Waals surface area (Å²) in [5.41, 5.74) is 5.69. The predicted molar refractivity (Wildman–Crippen MR) is 173 cm³/mol. The lowest BCUT2D eigenvalue weighted by Crippen LogP contribution is -2.49. The molecule has 42 heavy (non-hydrogen) atoms. The number of methoxy groups -OCH3 is 1. The van der Waals surface area contributed by atoms with Crippen molar-refractivity contribution in [3.63, 3.8) is 0 Å². The SMILES string of the molecule is CCCCCCCCCCCCCCC(Cl)C(Cl)(C(=O)c1ccc(OC)cc1)S(=O)(=O)c1cccc(NC(=O)CN)c1. The number of hydrogen-bond acceptors (Lipinski definition) is 6. The van der Waals surface area contributed by atoms with Crippen molar-refractivity contribution in [1.29, 1.82) is 0 Å². The summed E-state index contributed by atoms with van der Waals surface area (Å²) >= 11 is 13.7. The zero-order valence-electron chi connectivity index (χ0n) is 24.9. The molecule has 0 aromatic heterocycles. The summed E-state index contributed by atoms with van der Waals surface area (Å²) in [4.78, 5) is 25.4. The number of benzene rings is 2. The first-order chi connectivity index (χ1) is 20.1. The molecule has 0 aliphatic carbocycles. The van der Waals surface area contributed by atoms with Crippen LogP contribution in [0.4, 0.5) is 5.69 Å². The molecule has 0 saturated heterocycles. The summed E-state index contributed by atoms with van der Waals surface area (Å²) in [6, 6.07) is 11.6. The summed E-state index contributed by atoms with van der Waals surface area (Å²) in [6.45, 7) is 1.96. The van der Waals surface area contributed by atoms with E-state index >= 15 is 0 Å².